The van der Waals surface area contributed by atoms with E-state index < -0.39 is 5.82 Å². The van der Waals surface area contributed by atoms with Crippen LogP contribution in [-0.4, -0.2) is 46.5 Å². The lowest BCUT2D eigenvalue weighted by Gasteiger charge is -2.16. The van der Waals surface area contributed by atoms with Gasteiger partial charge in [-0.25, -0.2) is 4.39 Å². The predicted molar refractivity (Wildman–Crippen MR) is 126 cm³/mol. The first-order chi connectivity index (χ1) is 16.9. The Morgan fingerprint density at radius 2 is 1.77 bits per heavy atom. The zero-order valence-corrected chi connectivity index (χ0v) is 19.4. The number of likely N-dealkylation sites (N-methyl/N-ethyl adjacent to an activating group) is 1. The summed E-state index contributed by atoms with van der Waals surface area (Å²) in [5.41, 5.74) is 1.60. The molecule has 2 amide bonds. The lowest BCUT2D eigenvalue weighted by Crippen LogP contribution is -2.33. The van der Waals surface area contributed by atoms with E-state index in [2.05, 4.69) is 15.5 Å². The number of rotatable bonds is 9. The average Bonchev–Trinajstić information content (AvgIpc) is 3.55. The molecule has 0 unspecified atom stereocenters. The maximum atomic E-state index is 13.1. The highest BCUT2D eigenvalue weighted by atomic mass is 19.1. The summed E-state index contributed by atoms with van der Waals surface area (Å²) in [6.07, 6.45) is 2.60. The monoisotopic (exact) mass is 476 g/mol. The zero-order chi connectivity index (χ0) is 24.8. The van der Waals surface area contributed by atoms with Crippen LogP contribution in [0.5, 0.6) is 0 Å². The number of hydrogen-bond acceptors (Lipinski definition) is 6. The van der Waals surface area contributed by atoms with Crippen LogP contribution >= 0.6 is 0 Å². The normalized spacial score (nSPS) is 11.7. The molecule has 4 aromatic rings. The molecule has 180 valence electrons. The standard InChI is InChI=1S/C26H25FN4O4/c1-17(16-22-4-3-15-34-22)28-24(32)18-5-7-19(8-6-18)25-29-23(30-35-25)13-14-31(2)26(33)20-9-11-21(27)12-10-20/h3-12,15,17H,13-14,16H2,1-2H3,(H,28,32)/t17-/m0/s1. The van der Waals surface area contributed by atoms with Crippen LogP contribution in [0.2, 0.25) is 0 Å². The van der Waals surface area contributed by atoms with E-state index >= 15 is 0 Å². The van der Waals surface area contributed by atoms with Gasteiger partial charge in [0.1, 0.15) is 11.6 Å². The van der Waals surface area contributed by atoms with Crippen molar-refractivity contribution in [2.24, 2.45) is 0 Å². The molecule has 2 heterocycles. The van der Waals surface area contributed by atoms with Crippen LogP contribution in [0.15, 0.2) is 75.9 Å². The van der Waals surface area contributed by atoms with E-state index in [0.717, 1.165) is 5.76 Å². The SMILES string of the molecule is C[C@@H](Cc1ccco1)NC(=O)c1ccc(-c2nc(CCN(C)C(=O)c3ccc(F)cc3)no2)cc1. The van der Waals surface area contributed by atoms with Crippen LogP contribution in [0.4, 0.5) is 4.39 Å². The Labute approximate surface area is 201 Å². The first-order valence-electron chi connectivity index (χ1n) is 11.2. The van der Waals surface area contributed by atoms with E-state index in [0.29, 0.717) is 47.8 Å². The summed E-state index contributed by atoms with van der Waals surface area (Å²) < 4.78 is 23.7. The average molecular weight is 477 g/mol. The van der Waals surface area contributed by atoms with Crippen LogP contribution in [0.1, 0.15) is 39.2 Å². The van der Waals surface area contributed by atoms with Gasteiger partial charge in [0, 0.05) is 49.2 Å². The van der Waals surface area contributed by atoms with Gasteiger partial charge in [0.2, 0.25) is 0 Å². The molecule has 4 rings (SSSR count). The minimum absolute atomic E-state index is 0.0834. The molecule has 0 aliphatic carbocycles. The first kappa shape index (κ1) is 23.9. The summed E-state index contributed by atoms with van der Waals surface area (Å²) in [5, 5.41) is 6.93. The Balaban J connectivity index is 1.30. The van der Waals surface area contributed by atoms with Gasteiger partial charge >= 0.3 is 0 Å². The van der Waals surface area contributed by atoms with Crippen molar-refractivity contribution in [1.29, 1.82) is 0 Å². The van der Waals surface area contributed by atoms with Gasteiger partial charge in [-0.3, -0.25) is 9.59 Å². The zero-order valence-electron chi connectivity index (χ0n) is 19.4. The molecule has 0 saturated heterocycles. The highest BCUT2D eigenvalue weighted by Gasteiger charge is 2.16. The molecule has 0 bridgehead atoms. The predicted octanol–water partition coefficient (Wildman–Crippen LogP) is 4.14. The molecular formula is C26H25FN4O4. The number of benzene rings is 2. The fourth-order valence-corrected chi connectivity index (χ4v) is 3.51. The van der Waals surface area contributed by atoms with Crippen LogP contribution < -0.4 is 5.32 Å². The van der Waals surface area contributed by atoms with Crippen LogP contribution in [0.25, 0.3) is 11.5 Å². The highest BCUT2D eigenvalue weighted by Crippen LogP contribution is 2.18. The van der Waals surface area contributed by atoms with Gasteiger partial charge in [0.15, 0.2) is 5.82 Å². The topological polar surface area (TPSA) is 101 Å². The van der Waals surface area contributed by atoms with Crippen LogP contribution in [-0.2, 0) is 12.8 Å². The summed E-state index contributed by atoms with van der Waals surface area (Å²) in [7, 11) is 1.66. The quantitative estimate of drug-likeness (QED) is 0.390. The molecule has 0 saturated carbocycles. The molecular weight excluding hydrogens is 451 g/mol. The molecule has 0 aliphatic heterocycles. The smallest absolute Gasteiger partial charge is 0.257 e. The molecule has 0 spiro atoms. The molecule has 0 aliphatic rings. The molecule has 35 heavy (non-hydrogen) atoms. The van der Waals surface area contributed by atoms with Gasteiger partial charge in [-0.15, -0.1) is 0 Å². The van der Waals surface area contributed by atoms with Gasteiger partial charge in [-0.05, 0) is 67.6 Å². The number of nitrogens with one attached hydrogen (secondary N) is 1. The second kappa shape index (κ2) is 10.8. The van der Waals surface area contributed by atoms with Gasteiger partial charge in [-0.1, -0.05) is 5.16 Å². The van der Waals surface area contributed by atoms with Gasteiger partial charge in [0.25, 0.3) is 17.7 Å². The van der Waals surface area contributed by atoms with Crippen molar-refractivity contribution in [2.45, 2.75) is 25.8 Å². The van der Waals surface area contributed by atoms with E-state index in [4.69, 9.17) is 8.94 Å². The van der Waals surface area contributed by atoms with E-state index in [1.807, 2.05) is 19.1 Å². The van der Waals surface area contributed by atoms with Crippen LogP contribution in [0.3, 0.4) is 0 Å². The number of carbonyl (C=O) groups is 2. The summed E-state index contributed by atoms with van der Waals surface area (Å²) in [6, 6.07) is 15.9. The number of furan rings is 1. The summed E-state index contributed by atoms with van der Waals surface area (Å²) >= 11 is 0. The number of carbonyl (C=O) groups excluding carboxylic acids is 2. The Bertz CT molecular complexity index is 1270. The second-order valence-electron chi connectivity index (χ2n) is 8.23. The van der Waals surface area contributed by atoms with E-state index in [9.17, 15) is 14.0 Å². The van der Waals surface area contributed by atoms with Crippen molar-refractivity contribution in [3.8, 4) is 11.5 Å². The number of halogens is 1. The van der Waals surface area contributed by atoms with Crippen molar-refractivity contribution in [3.63, 3.8) is 0 Å². The number of amides is 2. The third-order valence-electron chi connectivity index (χ3n) is 5.44. The maximum absolute atomic E-state index is 13.1. The van der Waals surface area contributed by atoms with Gasteiger partial charge < -0.3 is 19.2 Å². The summed E-state index contributed by atoms with van der Waals surface area (Å²) in [4.78, 5) is 30.9. The summed E-state index contributed by atoms with van der Waals surface area (Å²) in [6.45, 7) is 2.28. The molecule has 9 heteroatoms. The van der Waals surface area contributed by atoms with Gasteiger partial charge in [-0.2, -0.15) is 4.98 Å². The van der Waals surface area contributed by atoms with Crippen molar-refractivity contribution in [2.75, 3.05) is 13.6 Å². The van der Waals surface area contributed by atoms with Crippen molar-refractivity contribution < 1.29 is 22.9 Å². The van der Waals surface area contributed by atoms with E-state index in [-0.39, 0.29) is 17.9 Å². The van der Waals surface area contributed by atoms with E-state index in [1.165, 1.54) is 29.2 Å². The molecule has 1 N–H and O–H groups in total. The second-order valence-corrected chi connectivity index (χ2v) is 8.23. The minimum Gasteiger partial charge on any atom is -0.469 e. The largest absolute Gasteiger partial charge is 0.469 e. The lowest BCUT2D eigenvalue weighted by molar-refractivity contribution is 0.0795. The Kier molecular flexibility index (Phi) is 7.35. The molecule has 8 nitrogen and oxygen atoms in total. The van der Waals surface area contributed by atoms with Crippen LogP contribution in [0, 0.1) is 5.82 Å². The third kappa shape index (κ3) is 6.20. The third-order valence-corrected chi connectivity index (χ3v) is 5.44. The van der Waals surface area contributed by atoms with Crippen molar-refractivity contribution in [3.05, 3.63) is 95.5 Å². The van der Waals surface area contributed by atoms with Gasteiger partial charge in [0.05, 0.1) is 6.26 Å². The van der Waals surface area contributed by atoms with Crippen molar-refractivity contribution >= 4 is 11.8 Å². The number of nitrogens with zero attached hydrogens (tertiary/aromatic N) is 3. The minimum atomic E-state index is -0.392. The number of aromatic nitrogens is 2. The fraction of sp³-hybridized carbons (Fsp3) is 0.231. The Hall–Kier alpha value is -4.27. The lowest BCUT2D eigenvalue weighted by atomic mass is 10.1. The molecule has 0 radical (unpaired) electrons. The molecule has 2 aromatic heterocycles. The van der Waals surface area contributed by atoms with E-state index in [1.54, 1.807) is 37.6 Å². The molecule has 2 aromatic carbocycles. The van der Waals surface area contributed by atoms with Crippen molar-refractivity contribution in [1.82, 2.24) is 20.4 Å². The Morgan fingerprint density at radius 1 is 1.06 bits per heavy atom. The highest BCUT2D eigenvalue weighted by molar-refractivity contribution is 5.95. The first-order valence-corrected chi connectivity index (χ1v) is 11.2. The molecule has 0 fully saturated rings. The Morgan fingerprint density at radius 3 is 2.46 bits per heavy atom. The summed E-state index contributed by atoms with van der Waals surface area (Å²) in [5.74, 6) is 0.790. The fourth-order valence-electron chi connectivity index (χ4n) is 3.51. The number of hydrogen-bond donors (Lipinski definition) is 1. The maximum Gasteiger partial charge on any atom is 0.257 e. The molecule has 1 atom stereocenters.